The van der Waals surface area contributed by atoms with Crippen LogP contribution in [0.3, 0.4) is 0 Å². The van der Waals surface area contributed by atoms with E-state index in [0.717, 1.165) is 23.7 Å². The normalized spacial score (nSPS) is 28.6. The molecule has 7 aliphatic rings. The highest BCUT2D eigenvalue weighted by molar-refractivity contribution is 7.99. The Morgan fingerprint density at radius 2 is 0.931 bits per heavy atom. The average molecular weight is 782 g/mol. The molecule has 1 aliphatic heterocycles. The molecule has 0 aromatic heterocycles. The molecule has 0 unspecified atom stereocenters. The van der Waals surface area contributed by atoms with E-state index in [1.54, 1.807) is 11.1 Å². The summed E-state index contributed by atoms with van der Waals surface area (Å²) in [4.78, 5) is 5.68. The molecule has 1 spiro atoms. The van der Waals surface area contributed by atoms with Crippen LogP contribution >= 0.6 is 11.8 Å². The zero-order chi connectivity index (χ0) is 40.0. The van der Waals surface area contributed by atoms with E-state index in [2.05, 4.69) is 163 Å². The Balaban J connectivity index is 1.07. The predicted octanol–water partition coefficient (Wildman–Crippen LogP) is 15.7. The molecule has 5 aromatic rings. The second kappa shape index (κ2) is 12.6. The van der Waals surface area contributed by atoms with Gasteiger partial charge in [-0.25, -0.2) is 0 Å². The van der Waals surface area contributed by atoms with E-state index in [9.17, 15) is 0 Å². The molecule has 0 saturated heterocycles. The van der Waals surface area contributed by atoms with Crippen molar-refractivity contribution in [2.75, 3.05) is 4.90 Å². The van der Waals surface area contributed by atoms with Crippen LogP contribution in [0.15, 0.2) is 113 Å². The third-order valence-corrected chi connectivity index (χ3v) is 18.1. The van der Waals surface area contributed by atoms with Crippen molar-refractivity contribution in [3.63, 3.8) is 0 Å². The zero-order valence-corrected chi connectivity index (χ0v) is 37.2. The molecule has 4 fully saturated rings. The summed E-state index contributed by atoms with van der Waals surface area (Å²) >= 11 is 2.02. The van der Waals surface area contributed by atoms with Crippen LogP contribution in [-0.2, 0) is 27.1 Å². The molecule has 12 rings (SSSR count). The number of benzene rings is 5. The first kappa shape index (κ1) is 37.3. The molecular weight excluding hydrogens is 719 g/mol. The van der Waals surface area contributed by atoms with Crippen molar-refractivity contribution in [3.8, 4) is 11.1 Å². The standard InChI is InChI=1S/C56H63NS/c1-52(2)25-27-54(5,6)50-43(52)14-11-16-46(50)57(47-17-12-15-44-51(47)55(7,8)28-26-53(44,3)4)41-22-19-37(20-23-41)38-21-24-49-45(34-38)56(42-13-9-10-18-48(42)58-49)39-30-35-29-36(32-39)33-40(56)31-35/h9-24,34-36,39-40H,25-33H2,1-8H3. The summed E-state index contributed by atoms with van der Waals surface area (Å²) in [6.45, 7) is 19.8. The molecule has 4 saturated carbocycles. The Kier molecular flexibility index (Phi) is 8.12. The Morgan fingerprint density at radius 3 is 1.50 bits per heavy atom. The lowest BCUT2D eigenvalue weighted by Crippen LogP contribution is -2.57. The molecule has 6 aliphatic carbocycles. The fourth-order valence-electron chi connectivity index (χ4n) is 14.1. The van der Waals surface area contributed by atoms with Gasteiger partial charge in [-0.15, -0.1) is 0 Å². The van der Waals surface area contributed by atoms with Crippen LogP contribution in [0.25, 0.3) is 11.1 Å². The maximum absolute atomic E-state index is 2.68. The molecule has 1 heterocycles. The summed E-state index contributed by atoms with van der Waals surface area (Å²) in [5.74, 6) is 3.40. The number of hydrogen-bond donors (Lipinski definition) is 0. The maximum Gasteiger partial charge on any atom is 0.0502 e. The number of hydrogen-bond acceptors (Lipinski definition) is 2. The van der Waals surface area contributed by atoms with Crippen LogP contribution in [0.2, 0.25) is 0 Å². The van der Waals surface area contributed by atoms with Gasteiger partial charge in [0, 0.05) is 20.9 Å². The average Bonchev–Trinajstić information content (AvgIpc) is 3.20. The second-order valence-corrected chi connectivity index (χ2v) is 23.4. The van der Waals surface area contributed by atoms with E-state index in [4.69, 9.17) is 0 Å². The van der Waals surface area contributed by atoms with Crippen LogP contribution < -0.4 is 4.90 Å². The minimum atomic E-state index is 0.0664. The summed E-state index contributed by atoms with van der Waals surface area (Å²) in [7, 11) is 0. The Bertz CT molecular complexity index is 2350. The lowest BCUT2D eigenvalue weighted by Gasteiger charge is -2.63. The zero-order valence-electron chi connectivity index (χ0n) is 36.3. The fraction of sp³-hybridized carbons (Fsp3) is 0.464. The van der Waals surface area contributed by atoms with Crippen molar-refractivity contribution < 1.29 is 0 Å². The quantitative estimate of drug-likeness (QED) is 0.179. The van der Waals surface area contributed by atoms with Gasteiger partial charge in [-0.2, -0.15) is 0 Å². The molecule has 0 N–H and O–H groups in total. The highest BCUT2D eigenvalue weighted by Gasteiger charge is 2.60. The third kappa shape index (κ3) is 5.34. The SMILES string of the molecule is CC1(C)CCC(C)(C)c2c(N(c3ccc(-c4ccc5c(c4)C4(c6ccccc6S5)C5CC6CC(C5)CC4C6)cc3)c3cccc4c3C(C)(C)CCC4(C)C)cccc21. The van der Waals surface area contributed by atoms with Gasteiger partial charge >= 0.3 is 0 Å². The first-order valence-electron chi connectivity index (χ1n) is 22.8. The molecule has 298 valence electrons. The van der Waals surface area contributed by atoms with Gasteiger partial charge in [0.05, 0.1) is 11.4 Å². The van der Waals surface area contributed by atoms with Crippen LogP contribution in [0.5, 0.6) is 0 Å². The third-order valence-electron chi connectivity index (χ3n) is 17.0. The minimum Gasteiger partial charge on any atom is -0.310 e. The van der Waals surface area contributed by atoms with Crippen molar-refractivity contribution in [3.05, 3.63) is 137 Å². The van der Waals surface area contributed by atoms with E-state index in [1.807, 2.05) is 11.8 Å². The summed E-state index contributed by atoms with van der Waals surface area (Å²) in [6, 6.07) is 41.2. The van der Waals surface area contributed by atoms with Crippen molar-refractivity contribution in [1.29, 1.82) is 0 Å². The van der Waals surface area contributed by atoms with Crippen LogP contribution in [0.1, 0.15) is 147 Å². The van der Waals surface area contributed by atoms with Gasteiger partial charge in [-0.1, -0.05) is 128 Å². The largest absolute Gasteiger partial charge is 0.310 e. The molecule has 0 atom stereocenters. The lowest BCUT2D eigenvalue weighted by molar-refractivity contribution is -0.0443. The Labute approximate surface area is 353 Å². The van der Waals surface area contributed by atoms with E-state index >= 15 is 0 Å². The summed E-state index contributed by atoms with van der Waals surface area (Å²) in [6.07, 6.45) is 11.9. The van der Waals surface area contributed by atoms with Crippen molar-refractivity contribution in [2.45, 2.75) is 150 Å². The van der Waals surface area contributed by atoms with Gasteiger partial charge in [0.1, 0.15) is 0 Å². The fourth-order valence-corrected chi connectivity index (χ4v) is 15.3. The number of nitrogens with zero attached hydrogens (tertiary/aromatic N) is 1. The smallest absolute Gasteiger partial charge is 0.0502 e. The molecule has 1 nitrogen and oxygen atoms in total. The molecule has 58 heavy (non-hydrogen) atoms. The molecule has 5 aromatic carbocycles. The van der Waals surface area contributed by atoms with Crippen LogP contribution in [0.4, 0.5) is 17.1 Å². The second-order valence-electron chi connectivity index (χ2n) is 22.3. The molecule has 0 radical (unpaired) electrons. The Morgan fingerprint density at radius 1 is 0.448 bits per heavy atom. The summed E-state index contributed by atoms with van der Waals surface area (Å²) < 4.78 is 0. The van der Waals surface area contributed by atoms with Gasteiger partial charge in [0.15, 0.2) is 0 Å². The van der Waals surface area contributed by atoms with Crippen molar-refractivity contribution >= 4 is 28.8 Å². The predicted molar refractivity (Wildman–Crippen MR) is 246 cm³/mol. The monoisotopic (exact) mass is 781 g/mol. The molecular formula is C56H63NS. The van der Waals surface area contributed by atoms with Crippen LogP contribution in [-0.4, -0.2) is 0 Å². The van der Waals surface area contributed by atoms with Gasteiger partial charge in [0.2, 0.25) is 0 Å². The van der Waals surface area contributed by atoms with Crippen LogP contribution in [0, 0.1) is 23.7 Å². The number of fused-ring (bicyclic) bond motifs is 4. The van der Waals surface area contributed by atoms with Gasteiger partial charge in [-0.3, -0.25) is 0 Å². The molecule has 0 amide bonds. The van der Waals surface area contributed by atoms with Crippen molar-refractivity contribution in [2.24, 2.45) is 23.7 Å². The summed E-state index contributed by atoms with van der Waals surface area (Å²) in [5, 5.41) is 0. The van der Waals surface area contributed by atoms with Gasteiger partial charge < -0.3 is 4.90 Å². The van der Waals surface area contributed by atoms with E-state index in [-0.39, 0.29) is 27.1 Å². The van der Waals surface area contributed by atoms with E-state index in [1.165, 1.54) is 118 Å². The van der Waals surface area contributed by atoms with E-state index < -0.39 is 0 Å². The summed E-state index contributed by atoms with van der Waals surface area (Å²) in [5.41, 5.74) is 16.5. The number of rotatable bonds is 4. The molecule has 4 bridgehead atoms. The molecule has 2 heteroatoms. The first-order valence-corrected chi connectivity index (χ1v) is 23.6. The lowest BCUT2D eigenvalue weighted by atomic mass is 9.42. The first-order chi connectivity index (χ1) is 27.7. The minimum absolute atomic E-state index is 0.0664. The van der Waals surface area contributed by atoms with E-state index in [0.29, 0.717) is 0 Å². The number of anilines is 3. The highest BCUT2D eigenvalue weighted by atomic mass is 32.2. The highest BCUT2D eigenvalue weighted by Crippen LogP contribution is 2.69. The Hall–Kier alpha value is -3.75. The van der Waals surface area contributed by atoms with Gasteiger partial charge in [-0.05, 0) is 190 Å². The topological polar surface area (TPSA) is 3.24 Å². The van der Waals surface area contributed by atoms with Gasteiger partial charge in [0.25, 0.3) is 0 Å². The van der Waals surface area contributed by atoms with Crippen molar-refractivity contribution in [1.82, 2.24) is 0 Å². The maximum atomic E-state index is 2.68.